The molecule has 1 aliphatic carbocycles. The molecule has 0 atom stereocenters. The maximum atomic E-state index is 12.2. The van der Waals surface area contributed by atoms with E-state index in [9.17, 15) is 4.79 Å². The highest BCUT2D eigenvalue weighted by molar-refractivity contribution is 7.99. The number of nitrogen functional groups attached to an aromatic ring is 1. The zero-order valence-electron chi connectivity index (χ0n) is 13.9. The largest absolute Gasteiger partial charge is 0.353 e. The van der Waals surface area contributed by atoms with Crippen molar-refractivity contribution >= 4 is 29.0 Å². The number of hydrogen-bond donors (Lipinski definition) is 2. The smallest absolute Gasteiger partial charge is 0.230 e. The topological polar surface area (TPSA) is 89.1 Å². The fourth-order valence-electron chi connectivity index (χ4n) is 3.20. The molecule has 134 valence electrons. The first kappa shape index (κ1) is 16.9. The van der Waals surface area contributed by atoms with Crippen molar-refractivity contribution in [3.8, 4) is 10.7 Å². The molecule has 0 aromatic carbocycles. The number of carbonyl (C=O) groups excluding carboxylic acids is 1. The Kier molecular flexibility index (Phi) is 4.96. The molecule has 1 saturated carbocycles. The number of aromatic nitrogens is 3. The maximum Gasteiger partial charge on any atom is 0.230 e. The minimum absolute atomic E-state index is 0.0375. The molecule has 9 heteroatoms. The highest BCUT2D eigenvalue weighted by Gasteiger charge is 2.32. The number of carbonyl (C=O) groups is 1. The van der Waals surface area contributed by atoms with Gasteiger partial charge in [0.2, 0.25) is 11.1 Å². The van der Waals surface area contributed by atoms with Crippen molar-refractivity contribution in [1.29, 1.82) is 0 Å². The Morgan fingerprint density at radius 2 is 2.12 bits per heavy atom. The number of nitrogens with zero attached hydrogens (tertiary/aromatic N) is 4. The van der Waals surface area contributed by atoms with E-state index in [4.69, 9.17) is 5.84 Å². The van der Waals surface area contributed by atoms with Crippen LogP contribution in [-0.2, 0) is 4.79 Å². The highest BCUT2D eigenvalue weighted by atomic mass is 32.2. The van der Waals surface area contributed by atoms with Crippen molar-refractivity contribution in [3.05, 3.63) is 17.5 Å². The van der Waals surface area contributed by atoms with Gasteiger partial charge in [-0.05, 0) is 37.1 Å². The molecule has 1 saturated heterocycles. The predicted molar refractivity (Wildman–Crippen MR) is 100.0 cm³/mol. The van der Waals surface area contributed by atoms with Gasteiger partial charge in [0, 0.05) is 25.2 Å². The molecular weight excluding hydrogens is 356 g/mol. The molecule has 4 rings (SSSR count). The summed E-state index contributed by atoms with van der Waals surface area (Å²) in [7, 11) is 0. The average molecular weight is 379 g/mol. The van der Waals surface area contributed by atoms with E-state index in [-0.39, 0.29) is 5.91 Å². The number of likely N-dealkylation sites (tertiary alicyclic amines) is 1. The van der Waals surface area contributed by atoms with Gasteiger partial charge in [-0.3, -0.25) is 4.79 Å². The molecule has 0 unspecified atom stereocenters. The normalized spacial score (nSPS) is 19.2. The van der Waals surface area contributed by atoms with Crippen LogP contribution in [-0.4, -0.2) is 56.6 Å². The van der Waals surface area contributed by atoms with Crippen LogP contribution in [0.4, 0.5) is 0 Å². The van der Waals surface area contributed by atoms with Crippen molar-refractivity contribution in [2.45, 2.75) is 42.9 Å². The third-order valence-corrected chi connectivity index (χ3v) is 6.51. The van der Waals surface area contributed by atoms with Crippen molar-refractivity contribution in [1.82, 2.24) is 25.1 Å². The SMILES string of the molecule is Nn1c(SCC(=O)NC2CCN(C3CC3)CC2)nnc1-c1cccs1. The molecule has 3 N–H and O–H groups in total. The van der Waals surface area contributed by atoms with Gasteiger partial charge in [0.25, 0.3) is 0 Å². The predicted octanol–water partition coefficient (Wildman–Crippen LogP) is 1.56. The van der Waals surface area contributed by atoms with Gasteiger partial charge >= 0.3 is 0 Å². The molecule has 1 amide bonds. The van der Waals surface area contributed by atoms with Crippen LogP contribution >= 0.6 is 23.1 Å². The van der Waals surface area contributed by atoms with Gasteiger partial charge in [0.1, 0.15) is 0 Å². The minimum Gasteiger partial charge on any atom is -0.353 e. The summed E-state index contributed by atoms with van der Waals surface area (Å²) in [6, 6.07) is 5.01. The van der Waals surface area contributed by atoms with E-state index < -0.39 is 0 Å². The summed E-state index contributed by atoms with van der Waals surface area (Å²) in [6.07, 6.45) is 4.78. The third kappa shape index (κ3) is 3.99. The van der Waals surface area contributed by atoms with Crippen molar-refractivity contribution < 1.29 is 4.79 Å². The fraction of sp³-hybridized carbons (Fsp3) is 0.562. The van der Waals surface area contributed by atoms with E-state index >= 15 is 0 Å². The Hall–Kier alpha value is -1.58. The molecule has 0 spiro atoms. The van der Waals surface area contributed by atoms with Crippen LogP contribution in [0, 0.1) is 0 Å². The Morgan fingerprint density at radius 1 is 1.32 bits per heavy atom. The van der Waals surface area contributed by atoms with Crippen LogP contribution in [0.2, 0.25) is 0 Å². The summed E-state index contributed by atoms with van der Waals surface area (Å²) in [4.78, 5) is 15.7. The first-order valence-electron chi connectivity index (χ1n) is 8.61. The van der Waals surface area contributed by atoms with Gasteiger partial charge in [-0.15, -0.1) is 21.5 Å². The number of hydrogen-bond acceptors (Lipinski definition) is 7. The van der Waals surface area contributed by atoms with Crippen LogP contribution in [0.5, 0.6) is 0 Å². The molecular formula is C16H22N6OS2. The second kappa shape index (κ2) is 7.35. The molecule has 0 radical (unpaired) electrons. The average Bonchev–Trinajstić information content (AvgIpc) is 3.20. The second-order valence-corrected chi connectivity index (χ2v) is 8.44. The van der Waals surface area contributed by atoms with E-state index in [1.165, 1.54) is 29.3 Å². The molecule has 1 aliphatic heterocycles. The Morgan fingerprint density at radius 3 is 2.80 bits per heavy atom. The maximum absolute atomic E-state index is 12.2. The van der Waals surface area contributed by atoms with Crippen LogP contribution in [0.25, 0.3) is 10.7 Å². The summed E-state index contributed by atoms with van der Waals surface area (Å²) < 4.78 is 1.46. The standard InChI is InChI=1S/C16H22N6OS2/c17-22-15(13-2-1-9-24-13)19-20-16(22)25-10-14(23)18-11-5-7-21(8-6-11)12-3-4-12/h1-2,9,11-12H,3-8,10,17H2,(H,18,23). The lowest BCUT2D eigenvalue weighted by Crippen LogP contribution is -2.45. The molecule has 2 aliphatic rings. The van der Waals surface area contributed by atoms with Crippen molar-refractivity contribution in [3.63, 3.8) is 0 Å². The second-order valence-electron chi connectivity index (χ2n) is 6.55. The van der Waals surface area contributed by atoms with Crippen molar-refractivity contribution in [2.75, 3.05) is 24.7 Å². The highest BCUT2D eigenvalue weighted by Crippen LogP contribution is 2.29. The molecule has 7 nitrogen and oxygen atoms in total. The van der Waals surface area contributed by atoms with Gasteiger partial charge in [0.05, 0.1) is 10.6 Å². The van der Waals surface area contributed by atoms with E-state index in [1.54, 1.807) is 11.3 Å². The van der Waals surface area contributed by atoms with Crippen LogP contribution in [0.3, 0.4) is 0 Å². The first-order chi connectivity index (χ1) is 12.2. The quantitative estimate of drug-likeness (QED) is 0.586. The van der Waals surface area contributed by atoms with E-state index in [1.807, 2.05) is 17.5 Å². The summed E-state index contributed by atoms with van der Waals surface area (Å²) in [5.74, 6) is 7.03. The number of thioether (sulfide) groups is 1. The van der Waals surface area contributed by atoms with E-state index in [0.717, 1.165) is 36.9 Å². The Bertz CT molecular complexity index is 719. The lowest BCUT2D eigenvalue weighted by atomic mass is 10.1. The number of piperidine rings is 1. The summed E-state index contributed by atoms with van der Waals surface area (Å²) in [6.45, 7) is 2.20. The van der Waals surface area contributed by atoms with Gasteiger partial charge < -0.3 is 16.1 Å². The molecule has 2 aromatic heterocycles. The monoisotopic (exact) mass is 378 g/mol. The Balaban J connectivity index is 1.25. The zero-order chi connectivity index (χ0) is 17.2. The van der Waals surface area contributed by atoms with Crippen LogP contribution < -0.4 is 11.2 Å². The van der Waals surface area contributed by atoms with Gasteiger partial charge in [0.15, 0.2) is 5.82 Å². The van der Waals surface area contributed by atoms with Gasteiger partial charge in [-0.1, -0.05) is 17.8 Å². The number of nitrogens with two attached hydrogens (primary N) is 1. The van der Waals surface area contributed by atoms with Gasteiger partial charge in [-0.2, -0.15) is 0 Å². The summed E-state index contributed by atoms with van der Waals surface area (Å²) >= 11 is 2.89. The lowest BCUT2D eigenvalue weighted by molar-refractivity contribution is -0.119. The summed E-state index contributed by atoms with van der Waals surface area (Å²) in [5, 5.41) is 13.9. The van der Waals surface area contributed by atoms with E-state index in [0.29, 0.717) is 22.8 Å². The minimum atomic E-state index is 0.0375. The number of rotatable bonds is 6. The van der Waals surface area contributed by atoms with Gasteiger partial charge in [-0.25, -0.2) is 4.68 Å². The number of nitrogens with one attached hydrogen (secondary N) is 1. The van der Waals surface area contributed by atoms with Crippen molar-refractivity contribution in [2.24, 2.45) is 0 Å². The van der Waals surface area contributed by atoms with Crippen LogP contribution in [0.15, 0.2) is 22.7 Å². The van der Waals surface area contributed by atoms with E-state index in [2.05, 4.69) is 20.4 Å². The molecule has 2 aromatic rings. The third-order valence-electron chi connectivity index (χ3n) is 4.70. The molecule has 3 heterocycles. The first-order valence-corrected chi connectivity index (χ1v) is 10.5. The zero-order valence-corrected chi connectivity index (χ0v) is 15.6. The fourth-order valence-corrected chi connectivity index (χ4v) is 4.57. The van der Waals surface area contributed by atoms with Crippen LogP contribution in [0.1, 0.15) is 25.7 Å². The lowest BCUT2D eigenvalue weighted by Gasteiger charge is -2.32. The molecule has 2 fully saturated rings. The Labute approximate surface area is 154 Å². The molecule has 25 heavy (non-hydrogen) atoms. The summed E-state index contributed by atoms with van der Waals surface area (Å²) in [5.41, 5.74) is 0. The number of amides is 1. The number of thiophene rings is 1. The molecule has 0 bridgehead atoms.